The van der Waals surface area contributed by atoms with Crippen molar-refractivity contribution in [1.29, 1.82) is 0 Å². The van der Waals surface area contributed by atoms with Crippen LogP contribution in [0.2, 0.25) is 5.28 Å². The summed E-state index contributed by atoms with van der Waals surface area (Å²) in [5.74, 6) is -1.59. The van der Waals surface area contributed by atoms with Gasteiger partial charge in [0.15, 0.2) is 38.3 Å². The molecule has 18 heteroatoms. The summed E-state index contributed by atoms with van der Waals surface area (Å²) in [6.07, 6.45) is -0.413. The molecule has 2 aromatic rings. The molecule has 5 atom stereocenters. The van der Waals surface area contributed by atoms with Gasteiger partial charge in [-0.15, -0.1) is 0 Å². The van der Waals surface area contributed by atoms with Crippen molar-refractivity contribution in [2.24, 2.45) is 0 Å². The molecule has 3 fully saturated rings. The van der Waals surface area contributed by atoms with Crippen LogP contribution in [0, 0.1) is 0 Å². The number of sulfone groups is 1. The lowest BCUT2D eigenvalue weighted by molar-refractivity contribution is -0.195. The summed E-state index contributed by atoms with van der Waals surface area (Å²) in [5.41, 5.74) is -1.75. The average Bonchev–Trinajstić information content (AvgIpc) is 3.66. The van der Waals surface area contributed by atoms with Gasteiger partial charge in [-0.05, 0) is 86.8 Å². The molecule has 1 saturated carbocycles. The molecule has 5 rings (SSSR count). The van der Waals surface area contributed by atoms with Gasteiger partial charge in [0.25, 0.3) is 0 Å². The second kappa shape index (κ2) is 12.4. The van der Waals surface area contributed by atoms with Crippen LogP contribution in [0.1, 0.15) is 94.2 Å². The Morgan fingerprint density at radius 3 is 2.26 bits per heavy atom. The molecule has 2 saturated heterocycles. The van der Waals surface area contributed by atoms with E-state index in [1.807, 2.05) is 0 Å². The Labute approximate surface area is 280 Å². The highest BCUT2D eigenvalue weighted by Crippen LogP contribution is 2.60. The zero-order valence-electron chi connectivity index (χ0n) is 28.2. The van der Waals surface area contributed by atoms with Gasteiger partial charge in [0.05, 0.1) is 28.5 Å². The molecule has 2 aromatic heterocycles. The van der Waals surface area contributed by atoms with Crippen molar-refractivity contribution in [1.82, 2.24) is 19.7 Å². The van der Waals surface area contributed by atoms with Gasteiger partial charge in [-0.25, -0.2) is 17.9 Å². The van der Waals surface area contributed by atoms with E-state index < -0.39 is 75.8 Å². The number of carboxylic acid groups (broad SMARTS) is 1. The fourth-order valence-electron chi connectivity index (χ4n) is 6.32. The average molecular weight is 722 g/mol. The van der Waals surface area contributed by atoms with Gasteiger partial charge in [0, 0.05) is 6.04 Å². The number of ether oxygens (including phenoxy) is 3. The van der Waals surface area contributed by atoms with Crippen LogP contribution in [-0.2, 0) is 37.7 Å². The van der Waals surface area contributed by atoms with E-state index in [-0.39, 0.29) is 22.8 Å². The maximum absolute atomic E-state index is 14.1. The molecule has 4 heterocycles. The van der Waals surface area contributed by atoms with Gasteiger partial charge in [0.2, 0.25) is 5.28 Å². The molecule has 1 amide bonds. The van der Waals surface area contributed by atoms with Gasteiger partial charge in [-0.3, -0.25) is 9.46 Å². The maximum atomic E-state index is 14.1. The third kappa shape index (κ3) is 7.64. The Bertz CT molecular complexity index is 1650. The van der Waals surface area contributed by atoms with Crippen LogP contribution in [0.15, 0.2) is 6.20 Å². The topological polar surface area (TPSA) is 181 Å². The first-order chi connectivity index (χ1) is 21.5. The van der Waals surface area contributed by atoms with E-state index >= 15 is 0 Å². The SMILES string of the molecule is C[C@H](P(=O)(OC(C)(C)C)OC(C)(C)C)S(=O)(=O)C[C@H]1O[C@@H](n2ncc3c(N(C(=O)O)C4CCCC4)nc(Cl)nc32)[C@@H]2OC(C)(C)O[C@@H]21. The number of hydrogen-bond acceptors (Lipinski definition) is 12. The minimum atomic E-state index is -4.24. The summed E-state index contributed by atoms with van der Waals surface area (Å²) in [5, 5.41) is 14.8. The van der Waals surface area contributed by atoms with Crippen molar-refractivity contribution in [2.75, 3.05) is 10.7 Å². The van der Waals surface area contributed by atoms with Crippen molar-refractivity contribution >= 4 is 52.0 Å². The van der Waals surface area contributed by atoms with Crippen LogP contribution in [0.5, 0.6) is 0 Å². The van der Waals surface area contributed by atoms with Gasteiger partial charge >= 0.3 is 13.7 Å². The van der Waals surface area contributed by atoms with Gasteiger partial charge in [-0.1, -0.05) is 12.8 Å². The Morgan fingerprint density at radius 1 is 1.13 bits per heavy atom. The Morgan fingerprint density at radius 2 is 1.70 bits per heavy atom. The lowest BCUT2D eigenvalue weighted by atomic mass is 10.1. The predicted octanol–water partition coefficient (Wildman–Crippen LogP) is 5.91. The minimum absolute atomic E-state index is 0.102. The highest BCUT2D eigenvalue weighted by atomic mass is 35.5. The van der Waals surface area contributed by atoms with Crippen LogP contribution in [0.4, 0.5) is 10.6 Å². The molecule has 0 unspecified atom stereocenters. The number of amides is 1. The third-order valence-electron chi connectivity index (χ3n) is 8.06. The second-order valence-corrected chi connectivity index (χ2v) is 20.0. The van der Waals surface area contributed by atoms with E-state index in [0.717, 1.165) is 12.8 Å². The summed E-state index contributed by atoms with van der Waals surface area (Å²) < 4.78 is 73.8. The van der Waals surface area contributed by atoms with Crippen LogP contribution < -0.4 is 4.90 Å². The zero-order chi connectivity index (χ0) is 34.9. The molecular weight excluding hydrogens is 677 g/mol. The molecule has 15 nitrogen and oxygen atoms in total. The first-order valence-electron chi connectivity index (χ1n) is 15.7. The Hall–Kier alpha value is -1.91. The van der Waals surface area contributed by atoms with E-state index in [1.165, 1.54) is 22.7 Å². The summed E-state index contributed by atoms with van der Waals surface area (Å²) in [4.78, 5) is 20.7. The molecular formula is C29H45ClN5O10PS. The van der Waals surface area contributed by atoms with E-state index in [9.17, 15) is 22.9 Å². The highest BCUT2D eigenvalue weighted by Gasteiger charge is 2.58. The summed E-state index contributed by atoms with van der Waals surface area (Å²) in [6, 6.07) is -0.276. The Balaban J connectivity index is 1.50. The van der Waals surface area contributed by atoms with Crippen LogP contribution in [0.3, 0.4) is 0 Å². The van der Waals surface area contributed by atoms with Crippen molar-refractivity contribution in [3.63, 3.8) is 0 Å². The number of nitrogens with zero attached hydrogens (tertiary/aromatic N) is 5. The fraction of sp³-hybridized carbons (Fsp3) is 0.793. The van der Waals surface area contributed by atoms with E-state index in [4.69, 9.17) is 34.9 Å². The fourth-order valence-corrected chi connectivity index (χ4v) is 11.4. The van der Waals surface area contributed by atoms with Crippen LogP contribution >= 0.6 is 19.2 Å². The molecule has 2 aliphatic heterocycles. The minimum Gasteiger partial charge on any atom is -0.465 e. The number of rotatable bonds is 9. The largest absolute Gasteiger partial charge is 0.465 e. The zero-order valence-corrected chi connectivity index (χ0v) is 30.6. The monoisotopic (exact) mass is 721 g/mol. The third-order valence-corrected chi connectivity index (χ3v) is 14.3. The number of anilines is 1. The second-order valence-electron chi connectivity index (χ2n) is 14.7. The van der Waals surface area contributed by atoms with Crippen molar-refractivity contribution < 1.29 is 46.1 Å². The van der Waals surface area contributed by atoms with Crippen molar-refractivity contribution in [3.8, 4) is 0 Å². The lowest BCUT2D eigenvalue weighted by Gasteiger charge is -2.35. The molecule has 264 valence electrons. The molecule has 1 aliphatic carbocycles. The summed E-state index contributed by atoms with van der Waals surface area (Å²) in [6.45, 7) is 14.7. The summed E-state index contributed by atoms with van der Waals surface area (Å²) >= 11 is 6.35. The van der Waals surface area contributed by atoms with E-state index in [0.29, 0.717) is 18.2 Å². The standard InChI is InChI=1S/C29H45ClN5O10PS/c1-16(46(38,44-27(2,3)4)45-28(5,6)7)47(39,40)15-19-20-21(43-29(8,9)42-20)24(41-19)35-23-18(14-31-35)22(32-25(30)33-23)34(26(36)37)17-12-10-11-13-17/h14,16-17,19-21,24H,10-13,15H2,1-9H3,(H,36,37)/t16-,19-,20-,21-,24-/m1/s1. The predicted molar refractivity (Wildman–Crippen MR) is 173 cm³/mol. The number of hydrogen-bond donors (Lipinski definition) is 1. The molecule has 0 spiro atoms. The first-order valence-corrected chi connectivity index (χ1v) is 19.4. The number of halogens is 1. The lowest BCUT2D eigenvalue weighted by Crippen LogP contribution is -2.39. The highest BCUT2D eigenvalue weighted by molar-refractivity contribution is 7.98. The number of fused-ring (bicyclic) bond motifs is 2. The quantitative estimate of drug-likeness (QED) is 0.239. The van der Waals surface area contributed by atoms with Gasteiger partial charge in [0.1, 0.15) is 18.3 Å². The molecule has 47 heavy (non-hydrogen) atoms. The first kappa shape index (κ1) is 36.4. The van der Waals surface area contributed by atoms with Gasteiger partial charge < -0.3 is 28.4 Å². The van der Waals surface area contributed by atoms with E-state index in [2.05, 4.69) is 15.1 Å². The smallest absolute Gasteiger partial charge is 0.413 e. The molecule has 0 bridgehead atoms. The van der Waals surface area contributed by atoms with Crippen molar-refractivity contribution in [3.05, 3.63) is 11.5 Å². The molecule has 3 aliphatic rings. The van der Waals surface area contributed by atoms with Gasteiger partial charge in [-0.2, -0.15) is 15.1 Å². The number of aromatic nitrogens is 4. The normalized spacial score (nSPS) is 26.2. The van der Waals surface area contributed by atoms with Crippen LogP contribution in [0.25, 0.3) is 11.0 Å². The Kier molecular flexibility index (Phi) is 9.63. The van der Waals surface area contributed by atoms with E-state index in [1.54, 1.807) is 55.4 Å². The van der Waals surface area contributed by atoms with Crippen molar-refractivity contribution in [2.45, 2.75) is 141 Å². The van der Waals surface area contributed by atoms with Crippen LogP contribution in [-0.4, -0.2) is 91.5 Å². The molecule has 1 N–H and O–H groups in total. The molecule has 0 radical (unpaired) electrons. The maximum Gasteiger partial charge on any atom is 0.413 e. The molecule has 0 aromatic carbocycles. The summed E-state index contributed by atoms with van der Waals surface area (Å²) in [7, 11) is -8.46. The number of carbonyl (C=O) groups is 1.